The summed E-state index contributed by atoms with van der Waals surface area (Å²) in [6.45, 7) is 6.46. The Morgan fingerprint density at radius 3 is 0.900 bits per heavy atom. The molecule has 0 amide bonds. The van der Waals surface area contributed by atoms with Gasteiger partial charge < -0.3 is 14.2 Å². The van der Waals surface area contributed by atoms with Gasteiger partial charge in [-0.3, -0.25) is 14.4 Å². The molecule has 0 fully saturated rings. The number of carbonyl (C=O) groups is 3. The van der Waals surface area contributed by atoms with Crippen LogP contribution in [0.15, 0.2) is 85.1 Å². The Hall–Kier alpha value is -3.41. The average molecular weight is 1120 g/mol. The Morgan fingerprint density at radius 1 is 0.275 bits per heavy atom. The van der Waals surface area contributed by atoms with E-state index in [2.05, 4.69) is 93.7 Å². The van der Waals surface area contributed by atoms with E-state index in [4.69, 9.17) is 14.2 Å². The van der Waals surface area contributed by atoms with Gasteiger partial charge in [-0.15, -0.1) is 0 Å². The van der Waals surface area contributed by atoms with Crippen molar-refractivity contribution in [2.24, 2.45) is 0 Å². The zero-order chi connectivity index (χ0) is 57.8. The summed E-state index contributed by atoms with van der Waals surface area (Å²) in [4.78, 5) is 38.3. The lowest BCUT2D eigenvalue weighted by Gasteiger charge is -2.18. The summed E-state index contributed by atoms with van der Waals surface area (Å²) < 4.78 is 16.9. The zero-order valence-corrected chi connectivity index (χ0v) is 53.1. The molecule has 6 heteroatoms. The third kappa shape index (κ3) is 65.4. The van der Waals surface area contributed by atoms with E-state index < -0.39 is 12.1 Å². The van der Waals surface area contributed by atoms with E-state index in [9.17, 15) is 14.4 Å². The number of ether oxygens (including phenoxy) is 3. The average Bonchev–Trinajstić information content (AvgIpc) is 3.46. The Morgan fingerprint density at radius 2 is 0.537 bits per heavy atom. The standard InChI is InChI=1S/C74H130O6/c1-4-7-10-13-16-19-22-25-28-30-32-33-34-35-36-37-38-39-40-42-43-46-49-52-55-58-61-64-67-73(76)79-70-71(69-78-72(75)66-63-60-57-54-51-48-45-27-24-21-18-15-12-9-6-3)80-74(77)68-65-62-59-56-53-50-47-44-41-31-29-26-23-20-17-14-11-8-5-2/h9,12,17-18,20-21,26-27,29,45,51,54,60,63,71H,4-8,10-11,13-16,19,22-25,28,30-44,46-50,52-53,55-59,61-62,64-70H2,1-3H3/b12-9-,20-17-,21-18-,29-26-,45-27-,54-51-,63-60-. The highest BCUT2D eigenvalue weighted by atomic mass is 16.6. The molecule has 0 aromatic rings. The van der Waals surface area contributed by atoms with E-state index in [1.807, 2.05) is 6.08 Å². The van der Waals surface area contributed by atoms with Crippen LogP contribution in [0.4, 0.5) is 0 Å². The summed E-state index contributed by atoms with van der Waals surface area (Å²) in [6, 6.07) is 0. The smallest absolute Gasteiger partial charge is 0.309 e. The maximum Gasteiger partial charge on any atom is 0.309 e. The molecule has 0 aromatic heterocycles. The SMILES string of the molecule is CC/C=C\C/C=C\C/C=C\C/C=C\C/C=C\CC(=O)OCC(COC(=O)CCCCCCCCCCCCCCCCCCCCCCCCCCCCCC)OC(=O)CCCCCCCCCCC/C=C\C/C=C\CCCCC. The summed E-state index contributed by atoms with van der Waals surface area (Å²) in [7, 11) is 0. The Balaban J connectivity index is 4.30. The molecule has 0 aliphatic rings. The molecule has 0 N–H and O–H groups in total. The molecule has 462 valence electrons. The van der Waals surface area contributed by atoms with E-state index >= 15 is 0 Å². The first kappa shape index (κ1) is 76.6. The summed E-state index contributed by atoms with van der Waals surface area (Å²) in [5.41, 5.74) is 0. The topological polar surface area (TPSA) is 78.9 Å². The molecule has 0 radical (unpaired) electrons. The van der Waals surface area contributed by atoms with Crippen LogP contribution in [0.1, 0.15) is 348 Å². The first-order valence-electron chi connectivity index (χ1n) is 34.6. The second-order valence-corrected chi connectivity index (χ2v) is 23.1. The summed E-state index contributed by atoms with van der Waals surface area (Å²) >= 11 is 0. The van der Waals surface area contributed by atoms with Gasteiger partial charge in [-0.2, -0.15) is 0 Å². The molecule has 0 heterocycles. The fourth-order valence-corrected chi connectivity index (χ4v) is 10.0. The third-order valence-corrected chi connectivity index (χ3v) is 15.2. The van der Waals surface area contributed by atoms with Gasteiger partial charge in [0.05, 0.1) is 6.42 Å². The Bertz CT molecular complexity index is 1520. The minimum absolute atomic E-state index is 0.105. The molecule has 0 aromatic carbocycles. The first-order chi connectivity index (χ1) is 39.5. The van der Waals surface area contributed by atoms with Crippen molar-refractivity contribution >= 4 is 17.9 Å². The number of carbonyl (C=O) groups excluding carboxylic acids is 3. The molecule has 80 heavy (non-hydrogen) atoms. The van der Waals surface area contributed by atoms with Gasteiger partial charge in [0.25, 0.3) is 0 Å². The van der Waals surface area contributed by atoms with E-state index in [-0.39, 0.29) is 31.6 Å². The normalized spacial score (nSPS) is 12.6. The van der Waals surface area contributed by atoms with Gasteiger partial charge in [-0.25, -0.2) is 0 Å². The third-order valence-electron chi connectivity index (χ3n) is 15.2. The van der Waals surface area contributed by atoms with Crippen molar-refractivity contribution in [2.45, 2.75) is 354 Å². The van der Waals surface area contributed by atoms with Crippen LogP contribution in [0, 0.1) is 0 Å². The number of unbranched alkanes of at least 4 members (excludes halogenated alkanes) is 39. The minimum Gasteiger partial charge on any atom is -0.462 e. The lowest BCUT2D eigenvalue weighted by atomic mass is 10.0. The summed E-state index contributed by atoms with van der Waals surface area (Å²) in [5, 5.41) is 0. The van der Waals surface area contributed by atoms with E-state index in [1.54, 1.807) is 6.08 Å². The van der Waals surface area contributed by atoms with Crippen LogP contribution >= 0.6 is 0 Å². The second-order valence-electron chi connectivity index (χ2n) is 23.1. The molecule has 0 bridgehead atoms. The number of allylic oxidation sites excluding steroid dienone is 13. The van der Waals surface area contributed by atoms with E-state index in [0.717, 1.165) is 77.0 Å². The molecule has 0 aliphatic carbocycles. The lowest BCUT2D eigenvalue weighted by Crippen LogP contribution is -2.30. The predicted molar refractivity (Wildman–Crippen MR) is 348 cm³/mol. The Kier molecular flexibility index (Phi) is 65.2. The number of hydrogen-bond acceptors (Lipinski definition) is 6. The highest BCUT2D eigenvalue weighted by molar-refractivity contribution is 5.72. The largest absolute Gasteiger partial charge is 0.462 e. The van der Waals surface area contributed by atoms with Gasteiger partial charge in [0.15, 0.2) is 6.10 Å². The van der Waals surface area contributed by atoms with Crippen LogP contribution in [0.5, 0.6) is 0 Å². The first-order valence-corrected chi connectivity index (χ1v) is 34.6. The van der Waals surface area contributed by atoms with Gasteiger partial charge in [0.1, 0.15) is 13.2 Å². The van der Waals surface area contributed by atoms with Gasteiger partial charge >= 0.3 is 17.9 Å². The molecular formula is C74H130O6. The molecule has 0 saturated carbocycles. The molecule has 1 atom stereocenters. The van der Waals surface area contributed by atoms with Crippen LogP contribution in [0.25, 0.3) is 0 Å². The van der Waals surface area contributed by atoms with Crippen molar-refractivity contribution < 1.29 is 28.6 Å². The van der Waals surface area contributed by atoms with Crippen LogP contribution in [-0.4, -0.2) is 37.2 Å². The van der Waals surface area contributed by atoms with Gasteiger partial charge in [0, 0.05) is 12.8 Å². The highest BCUT2D eigenvalue weighted by Crippen LogP contribution is 2.18. The van der Waals surface area contributed by atoms with Gasteiger partial charge in [-0.05, 0) is 77.0 Å². The fraction of sp³-hybridized carbons (Fsp3) is 0.770. The molecule has 0 spiro atoms. The van der Waals surface area contributed by atoms with Crippen molar-refractivity contribution in [2.75, 3.05) is 13.2 Å². The fourth-order valence-electron chi connectivity index (χ4n) is 10.0. The van der Waals surface area contributed by atoms with Crippen LogP contribution in [0.2, 0.25) is 0 Å². The highest BCUT2D eigenvalue weighted by Gasteiger charge is 2.19. The minimum atomic E-state index is -0.819. The number of esters is 3. The van der Waals surface area contributed by atoms with Crippen molar-refractivity contribution in [3.05, 3.63) is 85.1 Å². The molecule has 6 nitrogen and oxygen atoms in total. The van der Waals surface area contributed by atoms with Crippen LogP contribution in [-0.2, 0) is 28.6 Å². The lowest BCUT2D eigenvalue weighted by molar-refractivity contribution is -0.166. The monoisotopic (exact) mass is 1110 g/mol. The van der Waals surface area contributed by atoms with Crippen LogP contribution < -0.4 is 0 Å². The summed E-state index contributed by atoms with van der Waals surface area (Å²) in [5.74, 6) is -1.03. The Labute approximate surface area is 496 Å². The van der Waals surface area contributed by atoms with Crippen molar-refractivity contribution in [3.63, 3.8) is 0 Å². The van der Waals surface area contributed by atoms with Gasteiger partial charge in [0.2, 0.25) is 0 Å². The van der Waals surface area contributed by atoms with Crippen molar-refractivity contribution in [1.29, 1.82) is 0 Å². The molecule has 0 aliphatic heterocycles. The zero-order valence-electron chi connectivity index (χ0n) is 53.1. The van der Waals surface area contributed by atoms with Crippen LogP contribution in [0.3, 0.4) is 0 Å². The second kappa shape index (κ2) is 68.1. The van der Waals surface area contributed by atoms with Crippen molar-refractivity contribution in [3.8, 4) is 0 Å². The number of rotatable bonds is 63. The number of hydrogen-bond donors (Lipinski definition) is 0. The quantitative estimate of drug-likeness (QED) is 0.0261. The summed E-state index contributed by atoms with van der Waals surface area (Å²) in [6.07, 6.45) is 90.7. The van der Waals surface area contributed by atoms with Gasteiger partial charge in [-0.1, -0.05) is 337 Å². The molecule has 1 unspecified atom stereocenters. The van der Waals surface area contributed by atoms with E-state index in [0.29, 0.717) is 12.8 Å². The van der Waals surface area contributed by atoms with E-state index in [1.165, 1.54) is 231 Å². The molecule has 0 rings (SSSR count). The molecular weight excluding hydrogens is 985 g/mol. The molecule has 0 saturated heterocycles. The maximum atomic E-state index is 12.9. The maximum absolute atomic E-state index is 12.9. The van der Waals surface area contributed by atoms with Crippen molar-refractivity contribution in [1.82, 2.24) is 0 Å². The predicted octanol–water partition coefficient (Wildman–Crippen LogP) is 23.8.